The van der Waals surface area contributed by atoms with Crippen molar-refractivity contribution in [3.63, 3.8) is 0 Å². The maximum atomic E-state index is 6.15. The van der Waals surface area contributed by atoms with Gasteiger partial charge >= 0.3 is 0 Å². The Bertz CT molecular complexity index is 1250. The molecule has 4 aromatic rings. The summed E-state index contributed by atoms with van der Waals surface area (Å²) in [6, 6.07) is 9.91. The summed E-state index contributed by atoms with van der Waals surface area (Å²) in [5.41, 5.74) is 2.55. The number of anilines is 2. The lowest BCUT2D eigenvalue weighted by Gasteiger charge is -2.35. The molecule has 1 aliphatic carbocycles. The Labute approximate surface area is 185 Å². The van der Waals surface area contributed by atoms with Crippen LogP contribution in [0.5, 0.6) is 5.75 Å². The normalized spacial score (nSPS) is 17.5. The molecular formula is C23H24N8O. The highest BCUT2D eigenvalue weighted by atomic mass is 16.5. The Morgan fingerprint density at radius 1 is 0.938 bits per heavy atom. The molecular weight excluding hydrogens is 404 g/mol. The van der Waals surface area contributed by atoms with Gasteiger partial charge in [0.05, 0.1) is 11.2 Å². The molecule has 1 saturated carbocycles. The van der Waals surface area contributed by atoms with Gasteiger partial charge in [0.1, 0.15) is 29.2 Å². The number of nitrogens with one attached hydrogen (secondary N) is 1. The number of fused-ring (bicyclic) bond motifs is 1. The Balaban J connectivity index is 1.24. The van der Waals surface area contributed by atoms with Crippen LogP contribution in [-0.2, 0) is 0 Å². The minimum absolute atomic E-state index is 0.0212. The highest BCUT2D eigenvalue weighted by Crippen LogP contribution is 2.40. The summed E-state index contributed by atoms with van der Waals surface area (Å²) in [5, 5.41) is 8.66. The van der Waals surface area contributed by atoms with Gasteiger partial charge in [-0.1, -0.05) is 0 Å². The van der Waals surface area contributed by atoms with E-state index in [1.165, 1.54) is 0 Å². The molecule has 2 aliphatic rings. The first-order valence-corrected chi connectivity index (χ1v) is 10.9. The molecule has 9 nitrogen and oxygen atoms in total. The van der Waals surface area contributed by atoms with E-state index in [4.69, 9.17) is 4.74 Å². The maximum absolute atomic E-state index is 6.15. The number of nitrogens with zero attached hydrogens (tertiary/aromatic N) is 7. The number of benzene rings is 1. The van der Waals surface area contributed by atoms with Crippen LogP contribution in [0.3, 0.4) is 0 Å². The fraction of sp³-hybridized carbons (Fsp3) is 0.348. The molecule has 3 aromatic heterocycles. The fourth-order valence-electron chi connectivity index (χ4n) is 4.05. The average molecular weight is 429 g/mol. The zero-order chi connectivity index (χ0) is 21.5. The molecule has 6 rings (SSSR count). The Kier molecular flexibility index (Phi) is 4.41. The first-order valence-electron chi connectivity index (χ1n) is 10.9. The molecule has 0 amide bonds. The molecule has 1 aromatic carbocycles. The number of rotatable bonds is 5. The van der Waals surface area contributed by atoms with Crippen LogP contribution in [0.2, 0.25) is 0 Å². The highest BCUT2D eigenvalue weighted by molar-refractivity contribution is 5.93. The second-order valence-electron chi connectivity index (χ2n) is 8.62. The van der Waals surface area contributed by atoms with Crippen LogP contribution in [0.15, 0.2) is 49.1 Å². The third kappa shape index (κ3) is 3.59. The molecule has 0 spiro atoms. The van der Waals surface area contributed by atoms with E-state index in [0.29, 0.717) is 0 Å². The highest BCUT2D eigenvalue weighted by Gasteiger charge is 2.40. The number of ether oxygens (including phenoxy) is 1. The van der Waals surface area contributed by atoms with E-state index in [2.05, 4.69) is 52.9 Å². The Morgan fingerprint density at radius 3 is 2.50 bits per heavy atom. The van der Waals surface area contributed by atoms with Gasteiger partial charge in [-0.25, -0.2) is 19.9 Å². The molecule has 1 N–H and O–H groups in total. The number of H-pyrrole nitrogens is 1. The number of hydrogen-bond donors (Lipinski definition) is 1. The summed E-state index contributed by atoms with van der Waals surface area (Å²) in [7, 11) is 0. The van der Waals surface area contributed by atoms with Crippen molar-refractivity contribution < 1.29 is 4.74 Å². The SMILES string of the molecule is CC1(Oc2ccc3[nH]nc(-c4cc(N5CCN(c6ncccn6)CC5)ncn4)c3c2)CC1. The van der Waals surface area contributed by atoms with Gasteiger partial charge in [0.15, 0.2) is 0 Å². The number of piperazine rings is 1. The van der Waals surface area contributed by atoms with Gasteiger partial charge in [-0.05, 0) is 44.0 Å². The van der Waals surface area contributed by atoms with Gasteiger partial charge in [0, 0.05) is 50.0 Å². The van der Waals surface area contributed by atoms with Crippen molar-refractivity contribution in [2.45, 2.75) is 25.4 Å². The first kappa shape index (κ1) is 19.0. The van der Waals surface area contributed by atoms with Gasteiger partial charge in [-0.15, -0.1) is 0 Å². The number of hydrogen-bond acceptors (Lipinski definition) is 8. The molecule has 32 heavy (non-hydrogen) atoms. The molecule has 0 atom stereocenters. The topological polar surface area (TPSA) is 96.0 Å². The van der Waals surface area contributed by atoms with E-state index in [1.807, 2.05) is 24.3 Å². The van der Waals surface area contributed by atoms with Crippen LogP contribution in [0.25, 0.3) is 22.3 Å². The van der Waals surface area contributed by atoms with Crippen molar-refractivity contribution in [1.29, 1.82) is 0 Å². The quantitative estimate of drug-likeness (QED) is 0.518. The summed E-state index contributed by atoms with van der Waals surface area (Å²) in [6.45, 7) is 5.51. The van der Waals surface area contributed by atoms with Crippen LogP contribution in [0, 0.1) is 0 Å². The predicted molar refractivity (Wildman–Crippen MR) is 122 cm³/mol. The Morgan fingerprint density at radius 2 is 1.72 bits per heavy atom. The lowest BCUT2D eigenvalue weighted by Crippen LogP contribution is -2.47. The van der Waals surface area contributed by atoms with E-state index in [9.17, 15) is 0 Å². The zero-order valence-electron chi connectivity index (χ0n) is 17.9. The summed E-state index contributed by atoms with van der Waals surface area (Å²) < 4.78 is 6.15. The summed E-state index contributed by atoms with van der Waals surface area (Å²) >= 11 is 0. The van der Waals surface area contributed by atoms with Crippen molar-refractivity contribution in [2.24, 2.45) is 0 Å². The average Bonchev–Trinajstić information content (AvgIpc) is 3.42. The molecule has 2 fully saturated rings. The van der Waals surface area contributed by atoms with Crippen LogP contribution < -0.4 is 14.5 Å². The smallest absolute Gasteiger partial charge is 0.225 e. The standard InChI is InChI=1S/C23H24N8O/c1-23(5-6-23)32-16-3-4-18-17(13-16)21(29-28-18)19-14-20(27-15-26-19)30-9-11-31(12-10-30)22-24-7-2-8-25-22/h2-4,7-8,13-15H,5-6,9-12H2,1H3,(H,28,29). The van der Waals surface area contributed by atoms with Crippen LogP contribution in [-0.4, -0.2) is 61.9 Å². The van der Waals surface area contributed by atoms with E-state index >= 15 is 0 Å². The van der Waals surface area contributed by atoms with E-state index < -0.39 is 0 Å². The van der Waals surface area contributed by atoms with Crippen molar-refractivity contribution in [3.8, 4) is 17.1 Å². The zero-order valence-corrected chi connectivity index (χ0v) is 17.9. The molecule has 0 unspecified atom stereocenters. The van der Waals surface area contributed by atoms with Gasteiger partial charge in [0.25, 0.3) is 0 Å². The van der Waals surface area contributed by atoms with Crippen molar-refractivity contribution in [2.75, 3.05) is 36.0 Å². The molecule has 162 valence electrons. The van der Waals surface area contributed by atoms with E-state index in [-0.39, 0.29) is 5.60 Å². The third-order valence-corrected chi connectivity index (χ3v) is 6.19. The second-order valence-corrected chi connectivity index (χ2v) is 8.62. The maximum Gasteiger partial charge on any atom is 0.225 e. The number of aromatic nitrogens is 6. The largest absolute Gasteiger partial charge is 0.488 e. The Hall–Kier alpha value is -3.75. The van der Waals surface area contributed by atoms with Crippen LogP contribution in [0.1, 0.15) is 19.8 Å². The van der Waals surface area contributed by atoms with Gasteiger partial charge in [-0.3, -0.25) is 5.10 Å². The molecule has 1 aliphatic heterocycles. The lowest BCUT2D eigenvalue weighted by atomic mass is 10.1. The predicted octanol–water partition coefficient (Wildman–Crippen LogP) is 3.07. The van der Waals surface area contributed by atoms with Crippen molar-refractivity contribution >= 4 is 22.7 Å². The second kappa shape index (κ2) is 7.44. The fourth-order valence-corrected chi connectivity index (χ4v) is 4.05. The minimum atomic E-state index is -0.0212. The molecule has 1 saturated heterocycles. The minimum Gasteiger partial charge on any atom is -0.488 e. The van der Waals surface area contributed by atoms with Gasteiger partial charge < -0.3 is 14.5 Å². The van der Waals surface area contributed by atoms with Crippen molar-refractivity contribution in [3.05, 3.63) is 49.1 Å². The summed E-state index contributed by atoms with van der Waals surface area (Å²) in [5.74, 6) is 2.54. The third-order valence-electron chi connectivity index (χ3n) is 6.19. The first-order chi connectivity index (χ1) is 15.7. The van der Waals surface area contributed by atoms with Crippen LogP contribution >= 0.6 is 0 Å². The van der Waals surface area contributed by atoms with Crippen molar-refractivity contribution in [1.82, 2.24) is 30.1 Å². The van der Waals surface area contributed by atoms with E-state index in [0.717, 1.165) is 78.8 Å². The van der Waals surface area contributed by atoms with Gasteiger partial charge in [-0.2, -0.15) is 5.10 Å². The molecule has 4 heterocycles. The molecule has 0 radical (unpaired) electrons. The molecule has 0 bridgehead atoms. The summed E-state index contributed by atoms with van der Waals surface area (Å²) in [4.78, 5) is 22.2. The lowest BCUT2D eigenvalue weighted by molar-refractivity contribution is 0.200. The molecule has 9 heteroatoms. The summed E-state index contributed by atoms with van der Waals surface area (Å²) in [6.07, 6.45) is 7.37. The van der Waals surface area contributed by atoms with Gasteiger partial charge in [0.2, 0.25) is 5.95 Å². The van der Waals surface area contributed by atoms with E-state index in [1.54, 1.807) is 18.7 Å². The monoisotopic (exact) mass is 428 g/mol. The number of aromatic amines is 1. The van der Waals surface area contributed by atoms with Crippen LogP contribution in [0.4, 0.5) is 11.8 Å².